The Morgan fingerprint density at radius 1 is 1.37 bits per heavy atom. The number of nitrogens with two attached hydrogens (primary N) is 1. The Morgan fingerprint density at radius 3 is 2.42 bits per heavy atom. The largest absolute Gasteiger partial charge is 0.326 e. The number of benzene rings is 1. The van der Waals surface area contributed by atoms with Gasteiger partial charge in [-0.25, -0.2) is 12.8 Å². The Morgan fingerprint density at radius 2 is 1.95 bits per heavy atom. The van der Waals surface area contributed by atoms with Gasteiger partial charge in [0.1, 0.15) is 5.82 Å². The lowest BCUT2D eigenvalue weighted by molar-refractivity contribution is 0.257. The van der Waals surface area contributed by atoms with Gasteiger partial charge in [0.15, 0.2) is 0 Å². The van der Waals surface area contributed by atoms with E-state index in [0.29, 0.717) is 12.0 Å². The van der Waals surface area contributed by atoms with E-state index >= 15 is 0 Å². The second kappa shape index (κ2) is 5.56. The highest BCUT2D eigenvalue weighted by molar-refractivity contribution is 7.89. The SMILES string of the molecule is CCC(C)(C)N(C)S(=O)(=O)c1cc(F)ccc1CN. The van der Waals surface area contributed by atoms with E-state index in [1.165, 1.54) is 23.5 Å². The smallest absolute Gasteiger partial charge is 0.243 e. The maximum atomic E-state index is 13.3. The average Bonchev–Trinajstić information content (AvgIpc) is 2.37. The summed E-state index contributed by atoms with van der Waals surface area (Å²) in [5.41, 5.74) is 5.41. The summed E-state index contributed by atoms with van der Waals surface area (Å²) in [6.45, 7) is 5.61. The normalized spacial score (nSPS) is 13.0. The van der Waals surface area contributed by atoms with Crippen LogP contribution in [0.5, 0.6) is 0 Å². The predicted molar refractivity (Wildman–Crippen MR) is 73.6 cm³/mol. The zero-order chi connectivity index (χ0) is 14.8. The molecule has 19 heavy (non-hydrogen) atoms. The van der Waals surface area contributed by atoms with Gasteiger partial charge in [0.25, 0.3) is 0 Å². The van der Waals surface area contributed by atoms with Crippen molar-refractivity contribution in [2.45, 2.75) is 44.2 Å². The maximum Gasteiger partial charge on any atom is 0.243 e. The number of halogens is 1. The molecule has 0 spiro atoms. The zero-order valence-electron chi connectivity index (χ0n) is 11.8. The Hall–Kier alpha value is -0.980. The molecule has 0 amide bonds. The maximum absolute atomic E-state index is 13.3. The van der Waals surface area contributed by atoms with Gasteiger partial charge in [-0.3, -0.25) is 0 Å². The molecule has 0 aliphatic rings. The van der Waals surface area contributed by atoms with Crippen molar-refractivity contribution in [1.29, 1.82) is 0 Å². The third-order valence-electron chi connectivity index (χ3n) is 3.61. The van der Waals surface area contributed by atoms with Crippen LogP contribution in [0.25, 0.3) is 0 Å². The predicted octanol–water partition coefficient (Wildman–Crippen LogP) is 2.09. The highest BCUT2D eigenvalue weighted by Crippen LogP contribution is 2.27. The van der Waals surface area contributed by atoms with E-state index in [-0.39, 0.29) is 11.4 Å². The molecule has 0 unspecified atom stereocenters. The first kappa shape index (κ1) is 16.1. The van der Waals surface area contributed by atoms with Gasteiger partial charge in [0.05, 0.1) is 4.90 Å². The number of rotatable bonds is 5. The lowest BCUT2D eigenvalue weighted by Crippen LogP contribution is -2.44. The van der Waals surface area contributed by atoms with Gasteiger partial charge in [-0.1, -0.05) is 13.0 Å². The fourth-order valence-corrected chi connectivity index (χ4v) is 3.45. The third kappa shape index (κ3) is 3.13. The van der Waals surface area contributed by atoms with Crippen LogP contribution >= 0.6 is 0 Å². The third-order valence-corrected chi connectivity index (χ3v) is 5.76. The van der Waals surface area contributed by atoms with Gasteiger partial charge in [-0.2, -0.15) is 4.31 Å². The van der Waals surface area contributed by atoms with Crippen LogP contribution in [0.3, 0.4) is 0 Å². The fraction of sp³-hybridized carbons (Fsp3) is 0.538. The summed E-state index contributed by atoms with van der Waals surface area (Å²) in [6.07, 6.45) is 0.649. The van der Waals surface area contributed by atoms with Gasteiger partial charge >= 0.3 is 0 Å². The molecule has 0 fully saturated rings. The molecule has 1 aromatic rings. The summed E-state index contributed by atoms with van der Waals surface area (Å²) in [7, 11) is -2.26. The molecule has 1 rings (SSSR count). The summed E-state index contributed by atoms with van der Waals surface area (Å²) in [6, 6.07) is 3.65. The molecule has 0 aliphatic carbocycles. The van der Waals surface area contributed by atoms with Gasteiger partial charge < -0.3 is 5.73 Å². The molecule has 0 saturated heterocycles. The number of nitrogens with zero attached hydrogens (tertiary/aromatic N) is 1. The molecule has 1 aromatic carbocycles. The van der Waals surface area contributed by atoms with Crippen LogP contribution in [0.1, 0.15) is 32.8 Å². The summed E-state index contributed by atoms with van der Waals surface area (Å²) < 4.78 is 39.8. The van der Waals surface area contributed by atoms with Crippen molar-refractivity contribution in [1.82, 2.24) is 4.31 Å². The molecule has 0 aliphatic heterocycles. The van der Waals surface area contributed by atoms with Crippen LogP contribution in [0.4, 0.5) is 4.39 Å². The lowest BCUT2D eigenvalue weighted by atomic mass is 10.0. The van der Waals surface area contributed by atoms with Crippen LogP contribution in [0.2, 0.25) is 0 Å². The monoisotopic (exact) mass is 288 g/mol. The van der Waals surface area contributed by atoms with E-state index in [1.807, 2.05) is 20.8 Å². The molecule has 0 radical (unpaired) electrons. The van der Waals surface area contributed by atoms with E-state index in [9.17, 15) is 12.8 Å². The molecule has 4 nitrogen and oxygen atoms in total. The minimum Gasteiger partial charge on any atom is -0.326 e. The van der Waals surface area contributed by atoms with Crippen molar-refractivity contribution in [3.63, 3.8) is 0 Å². The first-order valence-electron chi connectivity index (χ1n) is 6.14. The van der Waals surface area contributed by atoms with Crippen LogP contribution in [-0.2, 0) is 16.6 Å². The van der Waals surface area contributed by atoms with E-state index < -0.39 is 21.4 Å². The minimum atomic E-state index is -3.76. The van der Waals surface area contributed by atoms with Crippen LogP contribution < -0.4 is 5.73 Å². The first-order chi connectivity index (χ1) is 8.66. The minimum absolute atomic E-state index is 0.0508. The summed E-state index contributed by atoms with van der Waals surface area (Å²) in [5.74, 6) is -0.585. The quantitative estimate of drug-likeness (QED) is 0.902. The second-order valence-corrected chi connectivity index (χ2v) is 7.03. The van der Waals surface area contributed by atoms with Crippen LogP contribution in [0.15, 0.2) is 23.1 Å². The average molecular weight is 288 g/mol. The summed E-state index contributed by atoms with van der Waals surface area (Å²) >= 11 is 0. The molecular weight excluding hydrogens is 267 g/mol. The Kier molecular flexibility index (Phi) is 4.71. The van der Waals surface area contributed by atoms with E-state index in [1.54, 1.807) is 0 Å². The van der Waals surface area contributed by atoms with E-state index in [0.717, 1.165) is 6.07 Å². The van der Waals surface area contributed by atoms with Gasteiger partial charge in [0, 0.05) is 19.1 Å². The van der Waals surface area contributed by atoms with Crippen molar-refractivity contribution >= 4 is 10.0 Å². The Balaban J connectivity index is 3.39. The van der Waals surface area contributed by atoms with Gasteiger partial charge in [-0.15, -0.1) is 0 Å². The molecule has 0 bridgehead atoms. The molecule has 0 aromatic heterocycles. The Labute approximate surface area is 114 Å². The highest BCUT2D eigenvalue weighted by atomic mass is 32.2. The Bertz CT molecular complexity index is 556. The van der Waals surface area contributed by atoms with Crippen LogP contribution in [-0.4, -0.2) is 25.3 Å². The number of hydrogen-bond acceptors (Lipinski definition) is 3. The standard InChI is InChI=1S/C13H21FN2O2S/c1-5-13(2,3)16(4)19(17,18)12-8-11(14)7-6-10(12)9-15/h6-8H,5,9,15H2,1-4H3. The fourth-order valence-electron chi connectivity index (χ4n) is 1.63. The highest BCUT2D eigenvalue weighted by Gasteiger charge is 2.33. The first-order valence-corrected chi connectivity index (χ1v) is 7.58. The van der Waals surface area contributed by atoms with Gasteiger partial charge in [-0.05, 0) is 38.0 Å². The topological polar surface area (TPSA) is 63.4 Å². The molecule has 2 N–H and O–H groups in total. The lowest BCUT2D eigenvalue weighted by Gasteiger charge is -2.34. The number of hydrogen-bond donors (Lipinski definition) is 1. The van der Waals surface area contributed by atoms with Crippen molar-refractivity contribution < 1.29 is 12.8 Å². The summed E-state index contributed by atoms with van der Waals surface area (Å²) in [4.78, 5) is -0.0565. The van der Waals surface area contributed by atoms with E-state index in [4.69, 9.17) is 5.73 Å². The van der Waals surface area contributed by atoms with Crippen LogP contribution in [0, 0.1) is 5.82 Å². The molecule has 0 saturated carbocycles. The molecular formula is C13H21FN2O2S. The van der Waals surface area contributed by atoms with Gasteiger partial charge in [0.2, 0.25) is 10.0 Å². The number of sulfonamides is 1. The molecule has 6 heteroatoms. The molecule has 0 heterocycles. The second-order valence-electron chi connectivity index (χ2n) is 5.09. The molecule has 0 atom stereocenters. The van der Waals surface area contributed by atoms with Crippen molar-refractivity contribution in [3.05, 3.63) is 29.6 Å². The van der Waals surface area contributed by atoms with E-state index in [2.05, 4.69) is 0 Å². The summed E-state index contributed by atoms with van der Waals surface area (Å²) in [5, 5.41) is 0. The van der Waals surface area contributed by atoms with Crippen molar-refractivity contribution in [2.24, 2.45) is 5.73 Å². The molecule has 108 valence electrons. The van der Waals surface area contributed by atoms with Crippen molar-refractivity contribution in [3.8, 4) is 0 Å². The van der Waals surface area contributed by atoms with Crippen molar-refractivity contribution in [2.75, 3.05) is 7.05 Å². The zero-order valence-corrected chi connectivity index (χ0v) is 12.6.